The molecule has 4 nitrogen and oxygen atoms in total. The summed E-state index contributed by atoms with van der Waals surface area (Å²) >= 11 is 0. The van der Waals surface area contributed by atoms with Gasteiger partial charge < -0.3 is 15.5 Å². The summed E-state index contributed by atoms with van der Waals surface area (Å²) in [4.78, 5) is 5.07. The monoisotopic (exact) mass is 268 g/mol. The molecule has 2 aliphatic heterocycles. The summed E-state index contributed by atoms with van der Waals surface area (Å²) in [7, 11) is 2.23. The van der Waals surface area contributed by atoms with Gasteiger partial charge in [-0.1, -0.05) is 0 Å². The molecule has 0 bridgehead atoms. The van der Waals surface area contributed by atoms with Crippen LogP contribution in [0.1, 0.15) is 26.2 Å². The van der Waals surface area contributed by atoms with E-state index in [-0.39, 0.29) is 0 Å². The van der Waals surface area contributed by atoms with Crippen LogP contribution in [0.3, 0.4) is 0 Å². The first kappa shape index (κ1) is 15.2. The fraction of sp³-hybridized carbons (Fsp3) is 1.00. The van der Waals surface area contributed by atoms with Gasteiger partial charge in [-0.25, -0.2) is 0 Å². The van der Waals surface area contributed by atoms with Gasteiger partial charge in [0.15, 0.2) is 0 Å². The molecule has 2 saturated heterocycles. The second kappa shape index (κ2) is 8.20. The molecule has 2 heterocycles. The van der Waals surface area contributed by atoms with Crippen LogP contribution in [0.15, 0.2) is 0 Å². The van der Waals surface area contributed by atoms with Crippen molar-refractivity contribution >= 4 is 0 Å². The lowest BCUT2D eigenvalue weighted by Gasteiger charge is -2.33. The highest BCUT2D eigenvalue weighted by atomic mass is 15.2. The number of rotatable bonds is 6. The maximum absolute atomic E-state index is 3.68. The number of nitrogens with one attached hydrogen (secondary N) is 2. The largest absolute Gasteiger partial charge is 0.316 e. The van der Waals surface area contributed by atoms with E-state index in [0.717, 1.165) is 25.0 Å². The zero-order valence-corrected chi connectivity index (χ0v) is 12.8. The van der Waals surface area contributed by atoms with Gasteiger partial charge >= 0.3 is 0 Å². The van der Waals surface area contributed by atoms with Crippen LogP contribution >= 0.6 is 0 Å². The highest BCUT2D eigenvalue weighted by molar-refractivity contribution is 4.75. The highest BCUT2D eigenvalue weighted by Gasteiger charge is 2.17. The molecule has 0 aromatic carbocycles. The molecule has 2 aliphatic rings. The predicted molar refractivity (Wildman–Crippen MR) is 81.6 cm³/mol. The minimum Gasteiger partial charge on any atom is -0.316 e. The van der Waals surface area contributed by atoms with Crippen molar-refractivity contribution in [2.75, 3.05) is 59.4 Å². The Morgan fingerprint density at radius 1 is 1.16 bits per heavy atom. The Hall–Kier alpha value is -0.160. The van der Waals surface area contributed by atoms with Crippen LogP contribution in [0.4, 0.5) is 0 Å². The van der Waals surface area contributed by atoms with E-state index < -0.39 is 0 Å². The lowest BCUT2D eigenvalue weighted by molar-refractivity contribution is 0.174. The molecule has 0 radical (unpaired) electrons. The molecule has 2 fully saturated rings. The van der Waals surface area contributed by atoms with Crippen LogP contribution in [-0.4, -0.2) is 75.2 Å². The van der Waals surface area contributed by atoms with Crippen molar-refractivity contribution in [1.29, 1.82) is 0 Å². The number of piperidine rings is 1. The number of piperazine rings is 1. The third-order valence-electron chi connectivity index (χ3n) is 4.78. The number of likely N-dealkylation sites (tertiary alicyclic amines) is 1. The zero-order chi connectivity index (χ0) is 13.5. The predicted octanol–water partition coefficient (Wildman–Crippen LogP) is 0.602. The third-order valence-corrected chi connectivity index (χ3v) is 4.78. The molecular formula is C15H32N4. The Labute approximate surface area is 118 Å². The van der Waals surface area contributed by atoms with Crippen LogP contribution in [0.25, 0.3) is 0 Å². The average Bonchev–Trinajstić information content (AvgIpc) is 2.46. The van der Waals surface area contributed by atoms with Gasteiger partial charge in [0, 0.05) is 32.2 Å². The van der Waals surface area contributed by atoms with Crippen LogP contribution in [0.5, 0.6) is 0 Å². The fourth-order valence-corrected chi connectivity index (χ4v) is 3.19. The van der Waals surface area contributed by atoms with E-state index in [0.29, 0.717) is 0 Å². The van der Waals surface area contributed by atoms with E-state index in [1.165, 1.54) is 58.5 Å². The molecule has 1 unspecified atom stereocenters. The second-order valence-corrected chi connectivity index (χ2v) is 6.37. The number of hydrogen-bond donors (Lipinski definition) is 2. The Morgan fingerprint density at radius 3 is 2.53 bits per heavy atom. The van der Waals surface area contributed by atoms with Gasteiger partial charge in [0.05, 0.1) is 0 Å². The van der Waals surface area contributed by atoms with Crippen LogP contribution in [0, 0.1) is 5.92 Å². The lowest BCUT2D eigenvalue weighted by Crippen LogP contribution is -2.48. The van der Waals surface area contributed by atoms with Crippen molar-refractivity contribution in [3.05, 3.63) is 0 Å². The van der Waals surface area contributed by atoms with Crippen LogP contribution in [0.2, 0.25) is 0 Å². The van der Waals surface area contributed by atoms with E-state index in [9.17, 15) is 0 Å². The molecular weight excluding hydrogens is 236 g/mol. The van der Waals surface area contributed by atoms with E-state index in [4.69, 9.17) is 0 Å². The maximum atomic E-state index is 3.68. The maximum Gasteiger partial charge on any atom is 0.0110 e. The summed E-state index contributed by atoms with van der Waals surface area (Å²) in [5.41, 5.74) is 0. The summed E-state index contributed by atoms with van der Waals surface area (Å²) < 4.78 is 0. The molecule has 112 valence electrons. The van der Waals surface area contributed by atoms with Gasteiger partial charge in [-0.3, -0.25) is 4.90 Å². The summed E-state index contributed by atoms with van der Waals surface area (Å²) in [5.74, 6) is 0.908. The summed E-state index contributed by atoms with van der Waals surface area (Å²) in [6.45, 7) is 12.1. The van der Waals surface area contributed by atoms with Crippen molar-refractivity contribution in [2.24, 2.45) is 5.92 Å². The van der Waals surface area contributed by atoms with E-state index >= 15 is 0 Å². The Kier molecular flexibility index (Phi) is 6.57. The highest BCUT2D eigenvalue weighted by Crippen LogP contribution is 2.14. The Balaban J connectivity index is 1.51. The smallest absolute Gasteiger partial charge is 0.0110 e. The molecule has 19 heavy (non-hydrogen) atoms. The molecule has 0 aliphatic carbocycles. The molecule has 0 saturated carbocycles. The number of hydrogen-bond acceptors (Lipinski definition) is 4. The summed E-state index contributed by atoms with van der Waals surface area (Å²) in [6.07, 6.45) is 4.03. The van der Waals surface area contributed by atoms with Crippen molar-refractivity contribution in [3.8, 4) is 0 Å². The quantitative estimate of drug-likeness (QED) is 0.691. The van der Waals surface area contributed by atoms with E-state index in [1.807, 2.05) is 0 Å². The first-order chi connectivity index (χ1) is 9.25. The van der Waals surface area contributed by atoms with Crippen molar-refractivity contribution in [3.63, 3.8) is 0 Å². The first-order valence-electron chi connectivity index (χ1n) is 8.09. The normalized spacial score (nSPS) is 25.6. The molecule has 2 rings (SSSR count). The molecule has 0 amide bonds. The summed E-state index contributed by atoms with van der Waals surface area (Å²) in [5, 5.41) is 7.10. The SMILES string of the molecule is CC(CCNCC1CCN(C)CC1)N1CCNCC1. The Bertz CT molecular complexity index is 232. The van der Waals surface area contributed by atoms with Gasteiger partial charge in [-0.2, -0.15) is 0 Å². The lowest BCUT2D eigenvalue weighted by atomic mass is 9.97. The standard InChI is InChI=1S/C15H32N4/c1-14(19-11-7-16-8-12-19)3-6-17-13-15-4-9-18(2)10-5-15/h14-17H,3-13H2,1-2H3. The molecule has 2 N–H and O–H groups in total. The topological polar surface area (TPSA) is 30.5 Å². The Morgan fingerprint density at radius 2 is 1.84 bits per heavy atom. The average molecular weight is 268 g/mol. The molecule has 4 heteroatoms. The minimum atomic E-state index is 0.729. The van der Waals surface area contributed by atoms with Crippen molar-refractivity contribution in [2.45, 2.75) is 32.2 Å². The molecule has 0 aromatic rings. The van der Waals surface area contributed by atoms with Gasteiger partial charge in [-0.15, -0.1) is 0 Å². The molecule has 0 aromatic heterocycles. The van der Waals surface area contributed by atoms with Gasteiger partial charge in [-0.05, 0) is 65.3 Å². The van der Waals surface area contributed by atoms with E-state index in [1.54, 1.807) is 0 Å². The second-order valence-electron chi connectivity index (χ2n) is 6.37. The third kappa shape index (κ3) is 5.38. The van der Waals surface area contributed by atoms with Gasteiger partial charge in [0.25, 0.3) is 0 Å². The molecule has 1 atom stereocenters. The van der Waals surface area contributed by atoms with Gasteiger partial charge in [0.1, 0.15) is 0 Å². The van der Waals surface area contributed by atoms with Crippen LogP contribution < -0.4 is 10.6 Å². The summed E-state index contributed by atoms with van der Waals surface area (Å²) in [6, 6.07) is 0.729. The van der Waals surface area contributed by atoms with Gasteiger partial charge in [0.2, 0.25) is 0 Å². The van der Waals surface area contributed by atoms with Crippen molar-refractivity contribution < 1.29 is 0 Å². The van der Waals surface area contributed by atoms with Crippen molar-refractivity contribution in [1.82, 2.24) is 20.4 Å². The zero-order valence-electron chi connectivity index (χ0n) is 12.8. The van der Waals surface area contributed by atoms with Crippen LogP contribution in [-0.2, 0) is 0 Å². The first-order valence-corrected chi connectivity index (χ1v) is 8.09. The number of nitrogens with zero attached hydrogens (tertiary/aromatic N) is 2. The minimum absolute atomic E-state index is 0.729. The molecule has 0 spiro atoms. The fourth-order valence-electron chi connectivity index (χ4n) is 3.19. The van der Waals surface area contributed by atoms with E-state index in [2.05, 4.69) is 34.4 Å².